The van der Waals surface area contributed by atoms with Crippen LogP contribution in [0.5, 0.6) is 17.2 Å². The van der Waals surface area contributed by atoms with Crippen molar-refractivity contribution < 1.29 is 23.9 Å². The highest BCUT2D eigenvalue weighted by molar-refractivity contribution is 6.00. The van der Waals surface area contributed by atoms with Gasteiger partial charge in [-0.25, -0.2) is 0 Å². The molecule has 2 aromatic rings. The summed E-state index contributed by atoms with van der Waals surface area (Å²) >= 11 is 0. The lowest BCUT2D eigenvalue weighted by molar-refractivity contribution is -0.386. The average molecular weight is 388 g/mol. The van der Waals surface area contributed by atoms with Crippen LogP contribution in [-0.2, 0) is 6.42 Å². The van der Waals surface area contributed by atoms with E-state index < -0.39 is 16.5 Å². The Bertz CT molecular complexity index is 838. The minimum Gasteiger partial charge on any atom is -0.493 e. The van der Waals surface area contributed by atoms with Gasteiger partial charge in [-0.1, -0.05) is 30.3 Å². The third-order valence-corrected chi connectivity index (χ3v) is 4.32. The lowest BCUT2D eigenvalue weighted by atomic mass is 10.1. The van der Waals surface area contributed by atoms with Gasteiger partial charge < -0.3 is 19.5 Å². The van der Waals surface area contributed by atoms with Crippen LogP contribution in [0, 0.1) is 10.1 Å². The number of hydrogen-bond donors (Lipinski definition) is 1. The minimum atomic E-state index is -0.662. The molecular weight excluding hydrogens is 364 g/mol. The van der Waals surface area contributed by atoms with Crippen molar-refractivity contribution in [2.45, 2.75) is 25.8 Å². The molecule has 0 fully saturated rings. The smallest absolute Gasteiger partial charge is 0.327 e. The summed E-state index contributed by atoms with van der Waals surface area (Å²) in [5.74, 6) is -0.502. The van der Waals surface area contributed by atoms with Crippen LogP contribution in [0.1, 0.15) is 29.3 Å². The van der Waals surface area contributed by atoms with Crippen LogP contribution in [0.25, 0.3) is 0 Å². The first-order chi connectivity index (χ1) is 13.4. The highest BCUT2D eigenvalue weighted by Gasteiger charge is 2.32. The molecule has 0 saturated heterocycles. The summed E-state index contributed by atoms with van der Waals surface area (Å²) in [4.78, 5) is 23.7. The second kappa shape index (κ2) is 9.59. The lowest BCUT2D eigenvalue weighted by Gasteiger charge is -2.17. The highest BCUT2D eigenvalue weighted by atomic mass is 16.6. The van der Waals surface area contributed by atoms with Crippen molar-refractivity contribution in [1.82, 2.24) is 5.32 Å². The number of hydrogen-bond acceptors (Lipinski definition) is 6. The van der Waals surface area contributed by atoms with E-state index in [1.54, 1.807) is 0 Å². The van der Waals surface area contributed by atoms with Gasteiger partial charge in [0.1, 0.15) is 5.56 Å². The zero-order valence-electron chi connectivity index (χ0n) is 16.4. The number of nitro groups is 1. The molecule has 8 nitrogen and oxygen atoms in total. The number of amides is 1. The van der Waals surface area contributed by atoms with Gasteiger partial charge >= 0.3 is 5.69 Å². The zero-order chi connectivity index (χ0) is 20.7. The lowest BCUT2D eigenvalue weighted by Crippen LogP contribution is -2.33. The molecule has 28 heavy (non-hydrogen) atoms. The first-order valence-corrected chi connectivity index (χ1v) is 8.75. The summed E-state index contributed by atoms with van der Waals surface area (Å²) in [5.41, 5.74) is 0.543. The van der Waals surface area contributed by atoms with Gasteiger partial charge in [0.2, 0.25) is 11.5 Å². The maximum atomic E-state index is 12.8. The summed E-state index contributed by atoms with van der Waals surface area (Å²) < 4.78 is 15.5. The molecule has 2 rings (SSSR count). The summed E-state index contributed by atoms with van der Waals surface area (Å²) in [7, 11) is 4.00. The van der Waals surface area contributed by atoms with Crippen LogP contribution in [0.2, 0.25) is 0 Å². The van der Waals surface area contributed by atoms with E-state index in [1.165, 1.54) is 27.4 Å². The Hall–Kier alpha value is -3.29. The first kappa shape index (κ1) is 21.0. The number of ether oxygens (including phenoxy) is 3. The molecule has 0 aliphatic rings. The normalized spacial score (nSPS) is 11.4. The fourth-order valence-corrected chi connectivity index (χ4v) is 2.90. The van der Waals surface area contributed by atoms with Crippen molar-refractivity contribution in [2.24, 2.45) is 0 Å². The fraction of sp³-hybridized carbons (Fsp3) is 0.350. The van der Waals surface area contributed by atoms with Crippen molar-refractivity contribution in [1.29, 1.82) is 0 Å². The van der Waals surface area contributed by atoms with Gasteiger partial charge in [0.15, 0.2) is 5.75 Å². The van der Waals surface area contributed by atoms with Crippen molar-refractivity contribution >= 4 is 11.6 Å². The van der Waals surface area contributed by atoms with E-state index in [2.05, 4.69) is 5.32 Å². The molecule has 0 aromatic heterocycles. The van der Waals surface area contributed by atoms with E-state index in [-0.39, 0.29) is 28.9 Å². The third-order valence-electron chi connectivity index (χ3n) is 4.32. The van der Waals surface area contributed by atoms with Gasteiger partial charge in [0.05, 0.1) is 26.3 Å². The molecule has 1 unspecified atom stereocenters. The standard InChI is InChI=1S/C20H24N2O6/c1-13(10-11-14-8-6-5-7-9-14)21-20(23)15-12-16(26-2)18(27-3)19(28-4)17(15)22(24)25/h5-9,12-13H,10-11H2,1-4H3,(H,21,23). The van der Waals surface area contributed by atoms with Gasteiger partial charge in [-0.3, -0.25) is 14.9 Å². The van der Waals surface area contributed by atoms with E-state index >= 15 is 0 Å². The number of carbonyl (C=O) groups is 1. The molecule has 0 spiro atoms. The van der Waals surface area contributed by atoms with Gasteiger partial charge in [-0.05, 0) is 25.3 Å². The molecule has 2 aromatic carbocycles. The average Bonchev–Trinajstić information content (AvgIpc) is 2.70. The van der Waals surface area contributed by atoms with Crippen LogP contribution < -0.4 is 19.5 Å². The van der Waals surface area contributed by atoms with Crippen LogP contribution in [-0.4, -0.2) is 38.2 Å². The van der Waals surface area contributed by atoms with E-state index in [0.29, 0.717) is 6.42 Å². The number of rotatable bonds is 9. The summed E-state index contributed by atoms with van der Waals surface area (Å²) in [6, 6.07) is 11.0. The number of methoxy groups -OCH3 is 3. The summed E-state index contributed by atoms with van der Waals surface area (Å²) in [6.45, 7) is 1.85. The molecule has 0 heterocycles. The van der Waals surface area contributed by atoms with Crippen LogP contribution in [0.3, 0.4) is 0 Å². The molecule has 1 amide bonds. The van der Waals surface area contributed by atoms with Crippen LogP contribution in [0.15, 0.2) is 36.4 Å². The Morgan fingerprint density at radius 3 is 2.29 bits per heavy atom. The molecule has 8 heteroatoms. The van der Waals surface area contributed by atoms with E-state index in [1.807, 2.05) is 37.3 Å². The Labute approximate surface area is 163 Å². The second-order valence-electron chi connectivity index (χ2n) is 6.20. The Morgan fingerprint density at radius 1 is 1.11 bits per heavy atom. The topological polar surface area (TPSA) is 99.9 Å². The predicted octanol–water partition coefficient (Wildman–Crippen LogP) is 3.37. The number of nitrogens with zero attached hydrogens (tertiary/aromatic N) is 1. The van der Waals surface area contributed by atoms with Crippen LogP contribution in [0.4, 0.5) is 5.69 Å². The number of aryl methyl sites for hydroxylation is 1. The van der Waals surface area contributed by atoms with Crippen molar-refractivity contribution in [2.75, 3.05) is 21.3 Å². The quantitative estimate of drug-likeness (QED) is 0.522. The van der Waals surface area contributed by atoms with Crippen molar-refractivity contribution in [3.05, 3.63) is 57.6 Å². The SMILES string of the molecule is COc1cc(C(=O)NC(C)CCc2ccccc2)c([N+](=O)[O-])c(OC)c1OC. The van der Waals surface area contributed by atoms with Crippen molar-refractivity contribution in [3.8, 4) is 17.2 Å². The molecule has 0 radical (unpaired) electrons. The molecule has 0 bridgehead atoms. The van der Waals surface area contributed by atoms with Crippen LogP contribution >= 0.6 is 0 Å². The summed E-state index contributed by atoms with van der Waals surface area (Å²) in [6.07, 6.45) is 1.47. The molecule has 150 valence electrons. The fourth-order valence-electron chi connectivity index (χ4n) is 2.90. The van der Waals surface area contributed by atoms with E-state index in [4.69, 9.17) is 14.2 Å². The van der Waals surface area contributed by atoms with Gasteiger partial charge in [-0.15, -0.1) is 0 Å². The largest absolute Gasteiger partial charge is 0.493 e. The number of nitrogens with one attached hydrogen (secondary N) is 1. The van der Waals surface area contributed by atoms with Gasteiger partial charge in [-0.2, -0.15) is 0 Å². The Balaban J connectivity index is 2.27. The molecule has 1 atom stereocenters. The molecule has 0 aliphatic heterocycles. The number of benzene rings is 2. The monoisotopic (exact) mass is 388 g/mol. The van der Waals surface area contributed by atoms with E-state index in [0.717, 1.165) is 12.0 Å². The van der Waals surface area contributed by atoms with E-state index in [9.17, 15) is 14.9 Å². The second-order valence-corrected chi connectivity index (χ2v) is 6.20. The van der Waals surface area contributed by atoms with Gasteiger partial charge in [0.25, 0.3) is 5.91 Å². The van der Waals surface area contributed by atoms with Crippen molar-refractivity contribution in [3.63, 3.8) is 0 Å². The molecular formula is C20H24N2O6. The first-order valence-electron chi connectivity index (χ1n) is 8.75. The Kier molecular flexibility index (Phi) is 7.20. The maximum Gasteiger partial charge on any atom is 0.327 e. The molecule has 0 saturated carbocycles. The predicted molar refractivity (Wildman–Crippen MR) is 104 cm³/mol. The number of carbonyl (C=O) groups excluding carboxylic acids is 1. The Morgan fingerprint density at radius 2 is 1.75 bits per heavy atom. The third kappa shape index (κ3) is 4.70. The maximum absolute atomic E-state index is 12.8. The highest BCUT2D eigenvalue weighted by Crippen LogP contribution is 2.46. The number of nitro benzene ring substituents is 1. The molecule has 0 aliphatic carbocycles. The zero-order valence-corrected chi connectivity index (χ0v) is 16.4. The molecule has 1 N–H and O–H groups in total. The summed E-state index contributed by atoms with van der Waals surface area (Å²) in [5, 5.41) is 14.4. The van der Waals surface area contributed by atoms with Gasteiger partial charge in [0, 0.05) is 12.1 Å². The minimum absolute atomic E-state index is 0.0605.